The summed E-state index contributed by atoms with van der Waals surface area (Å²) in [5.74, 6) is 0.813. The van der Waals surface area contributed by atoms with Gasteiger partial charge in [-0.15, -0.1) is 0 Å². The van der Waals surface area contributed by atoms with Gasteiger partial charge in [-0.1, -0.05) is 12.1 Å². The molecule has 2 aliphatic rings. The summed E-state index contributed by atoms with van der Waals surface area (Å²) in [5.41, 5.74) is 2.59. The van der Waals surface area contributed by atoms with Crippen LogP contribution in [-0.2, 0) is 4.79 Å². The highest BCUT2D eigenvalue weighted by Crippen LogP contribution is 2.33. The zero-order chi connectivity index (χ0) is 17.4. The van der Waals surface area contributed by atoms with Crippen LogP contribution in [0.5, 0.6) is 0 Å². The number of nitrogens with one attached hydrogen (secondary N) is 1. The Hall–Kier alpha value is -1.85. The summed E-state index contributed by atoms with van der Waals surface area (Å²) in [7, 11) is 2.00. The van der Waals surface area contributed by atoms with Crippen LogP contribution >= 0.6 is 0 Å². The van der Waals surface area contributed by atoms with Crippen molar-refractivity contribution in [2.45, 2.75) is 31.3 Å². The van der Waals surface area contributed by atoms with E-state index >= 15 is 0 Å². The Labute approximate surface area is 148 Å². The topological polar surface area (TPSA) is 59.6 Å². The average Bonchev–Trinajstić information content (AvgIpc) is 3.21. The largest absolute Gasteiger partial charge is 0.391 e. The molecular weight excluding hydrogens is 314 g/mol. The molecule has 0 bridgehead atoms. The van der Waals surface area contributed by atoms with Crippen LogP contribution in [0.2, 0.25) is 0 Å². The number of aliphatic hydroxyl groups excluding tert-OH is 1. The van der Waals surface area contributed by atoms with Gasteiger partial charge in [-0.2, -0.15) is 0 Å². The summed E-state index contributed by atoms with van der Waals surface area (Å²) in [6.45, 7) is 3.14. The van der Waals surface area contributed by atoms with Gasteiger partial charge in [0.2, 0.25) is 5.91 Å². The molecule has 2 aliphatic heterocycles. The average molecular weight is 341 g/mol. The van der Waals surface area contributed by atoms with Crippen LogP contribution < -0.4 is 0 Å². The van der Waals surface area contributed by atoms with E-state index in [1.807, 2.05) is 18.1 Å². The van der Waals surface area contributed by atoms with Crippen LogP contribution in [0.25, 0.3) is 10.9 Å². The molecule has 1 amide bonds. The molecule has 0 saturated carbocycles. The van der Waals surface area contributed by atoms with Crippen molar-refractivity contribution in [3.05, 3.63) is 36.0 Å². The number of carbonyl (C=O) groups excluding carboxylic acids is 1. The van der Waals surface area contributed by atoms with Crippen molar-refractivity contribution in [2.24, 2.45) is 5.92 Å². The minimum atomic E-state index is -0.363. The predicted octanol–water partition coefficient (Wildman–Crippen LogP) is 2.19. The van der Waals surface area contributed by atoms with Gasteiger partial charge in [0.15, 0.2) is 0 Å². The van der Waals surface area contributed by atoms with E-state index in [4.69, 9.17) is 0 Å². The Kier molecular flexibility index (Phi) is 4.52. The standard InChI is InChI=1S/C20H27N3O2/c1-22-12-15(19(24)13-22)11-20(25)23-9-6-14(7-10-23)16-3-2-4-18-17(16)5-8-21-18/h2-5,8,14-15,19,21,24H,6-7,9-13H2,1H3/t15-,19-/m1/s1. The van der Waals surface area contributed by atoms with Crippen molar-refractivity contribution in [1.82, 2.24) is 14.8 Å². The van der Waals surface area contributed by atoms with E-state index in [0.717, 1.165) is 32.5 Å². The number of benzene rings is 1. The molecule has 5 nitrogen and oxygen atoms in total. The van der Waals surface area contributed by atoms with Gasteiger partial charge in [0.25, 0.3) is 0 Å². The van der Waals surface area contributed by atoms with Crippen molar-refractivity contribution in [1.29, 1.82) is 0 Å². The van der Waals surface area contributed by atoms with Crippen LogP contribution in [0.15, 0.2) is 30.5 Å². The van der Waals surface area contributed by atoms with E-state index in [1.54, 1.807) is 0 Å². The number of hydrogen-bond donors (Lipinski definition) is 2. The van der Waals surface area contributed by atoms with E-state index in [9.17, 15) is 9.90 Å². The van der Waals surface area contributed by atoms with E-state index < -0.39 is 0 Å². The van der Waals surface area contributed by atoms with Gasteiger partial charge in [-0.3, -0.25) is 4.79 Å². The molecule has 2 atom stereocenters. The number of likely N-dealkylation sites (tertiary alicyclic amines) is 2. The van der Waals surface area contributed by atoms with Gasteiger partial charge < -0.3 is 19.9 Å². The Morgan fingerprint density at radius 2 is 2.04 bits per heavy atom. The molecule has 1 aromatic carbocycles. The van der Waals surface area contributed by atoms with Crippen LogP contribution in [0.4, 0.5) is 0 Å². The number of amides is 1. The minimum absolute atomic E-state index is 0.0869. The first kappa shape index (κ1) is 16.6. The van der Waals surface area contributed by atoms with Gasteiger partial charge in [0.1, 0.15) is 0 Å². The predicted molar refractivity (Wildman–Crippen MR) is 98.5 cm³/mol. The number of aromatic nitrogens is 1. The highest BCUT2D eigenvalue weighted by atomic mass is 16.3. The number of H-pyrrole nitrogens is 1. The maximum Gasteiger partial charge on any atom is 0.222 e. The Bertz CT molecular complexity index is 748. The third kappa shape index (κ3) is 3.31. The molecule has 0 radical (unpaired) electrons. The molecule has 25 heavy (non-hydrogen) atoms. The maximum absolute atomic E-state index is 12.6. The number of aromatic amines is 1. The smallest absolute Gasteiger partial charge is 0.222 e. The molecule has 0 aliphatic carbocycles. The first-order chi connectivity index (χ1) is 12.1. The van der Waals surface area contributed by atoms with Gasteiger partial charge in [-0.05, 0) is 43.5 Å². The highest BCUT2D eigenvalue weighted by Gasteiger charge is 2.33. The Balaban J connectivity index is 1.37. The van der Waals surface area contributed by atoms with E-state index in [0.29, 0.717) is 18.9 Å². The van der Waals surface area contributed by atoms with Gasteiger partial charge in [0.05, 0.1) is 6.10 Å². The number of hydrogen-bond acceptors (Lipinski definition) is 3. The van der Waals surface area contributed by atoms with Gasteiger partial charge >= 0.3 is 0 Å². The number of nitrogens with zero attached hydrogens (tertiary/aromatic N) is 2. The summed E-state index contributed by atoms with van der Waals surface area (Å²) in [6.07, 6.45) is 4.14. The fourth-order valence-electron chi connectivity index (χ4n) is 4.52. The molecule has 0 spiro atoms. The second-order valence-corrected chi connectivity index (χ2v) is 7.69. The van der Waals surface area contributed by atoms with E-state index in [2.05, 4.69) is 34.1 Å². The fraction of sp³-hybridized carbons (Fsp3) is 0.550. The molecule has 4 rings (SSSR count). The molecule has 2 aromatic rings. The summed E-state index contributed by atoms with van der Waals surface area (Å²) < 4.78 is 0. The van der Waals surface area contributed by atoms with E-state index in [-0.39, 0.29) is 17.9 Å². The zero-order valence-electron chi connectivity index (χ0n) is 14.8. The van der Waals surface area contributed by atoms with Crippen molar-refractivity contribution >= 4 is 16.8 Å². The lowest BCUT2D eigenvalue weighted by molar-refractivity contribution is -0.133. The summed E-state index contributed by atoms with van der Waals surface area (Å²) in [4.78, 5) is 20.0. The van der Waals surface area contributed by atoms with Crippen LogP contribution in [0, 0.1) is 5.92 Å². The molecular formula is C20H27N3O2. The first-order valence-electron chi connectivity index (χ1n) is 9.32. The molecule has 2 fully saturated rings. The lowest BCUT2D eigenvalue weighted by Crippen LogP contribution is -2.39. The Morgan fingerprint density at radius 1 is 1.24 bits per heavy atom. The number of fused-ring (bicyclic) bond motifs is 1. The number of likely N-dealkylation sites (N-methyl/N-ethyl adjacent to an activating group) is 1. The first-order valence-corrected chi connectivity index (χ1v) is 9.32. The van der Waals surface area contributed by atoms with Crippen LogP contribution in [0.3, 0.4) is 0 Å². The van der Waals surface area contributed by atoms with Gasteiger partial charge in [-0.25, -0.2) is 0 Å². The fourth-order valence-corrected chi connectivity index (χ4v) is 4.52. The molecule has 2 saturated heterocycles. The third-order valence-corrected chi connectivity index (χ3v) is 5.94. The summed E-state index contributed by atoms with van der Waals surface area (Å²) in [5, 5.41) is 11.4. The summed E-state index contributed by atoms with van der Waals surface area (Å²) in [6, 6.07) is 8.61. The highest BCUT2D eigenvalue weighted by molar-refractivity contribution is 5.83. The normalized spacial score (nSPS) is 25.8. The SMILES string of the molecule is CN1C[C@@H](CC(=O)N2CCC(c3cccc4[nH]ccc34)CC2)[C@H](O)C1. The molecule has 2 N–H and O–H groups in total. The Morgan fingerprint density at radius 3 is 2.76 bits per heavy atom. The number of aliphatic hydroxyl groups is 1. The monoisotopic (exact) mass is 341 g/mol. The lowest BCUT2D eigenvalue weighted by Gasteiger charge is -2.33. The van der Waals surface area contributed by atoms with Crippen molar-refractivity contribution < 1.29 is 9.90 Å². The number of piperidine rings is 1. The van der Waals surface area contributed by atoms with E-state index in [1.165, 1.54) is 16.5 Å². The van der Waals surface area contributed by atoms with Crippen LogP contribution in [-0.4, -0.2) is 65.1 Å². The van der Waals surface area contributed by atoms with Gasteiger partial charge in [0, 0.05) is 55.6 Å². The molecule has 5 heteroatoms. The molecule has 134 valence electrons. The third-order valence-electron chi connectivity index (χ3n) is 5.94. The second-order valence-electron chi connectivity index (χ2n) is 7.69. The number of β-amino-alcohol motifs (C(OH)–C–C–N with tert-alkyl or cyclic N) is 1. The lowest BCUT2D eigenvalue weighted by atomic mass is 9.87. The molecule has 0 unspecified atom stereocenters. The molecule has 1 aromatic heterocycles. The van der Waals surface area contributed by atoms with Crippen LogP contribution in [0.1, 0.15) is 30.7 Å². The maximum atomic E-state index is 12.6. The zero-order valence-corrected chi connectivity index (χ0v) is 14.8. The van der Waals surface area contributed by atoms with Crippen molar-refractivity contribution in [3.8, 4) is 0 Å². The number of carbonyl (C=O) groups is 1. The summed E-state index contributed by atoms with van der Waals surface area (Å²) >= 11 is 0. The van der Waals surface area contributed by atoms with Crippen molar-refractivity contribution in [2.75, 3.05) is 33.2 Å². The quantitative estimate of drug-likeness (QED) is 0.900. The number of rotatable bonds is 3. The van der Waals surface area contributed by atoms with Crippen molar-refractivity contribution in [3.63, 3.8) is 0 Å². The molecule has 3 heterocycles. The minimum Gasteiger partial charge on any atom is -0.391 e. The second kappa shape index (κ2) is 6.81.